The Morgan fingerprint density at radius 3 is 2.68 bits per heavy atom. The average Bonchev–Trinajstić information content (AvgIpc) is 2.82. The number of carbonyl (C=O) groups excluding carboxylic acids is 1. The first-order valence-corrected chi connectivity index (χ1v) is 10.6. The van der Waals surface area contributed by atoms with Gasteiger partial charge in [0.05, 0.1) is 24.2 Å². The standard InChI is InChI=1S/C22H32O6/c1-11-13-9-21(17(11)25)15(8-14(13)24)20-7-5-6-19(3,4)16(20)18(28-12(2)23)22(21,26)27-10-20/h13-18,24-26H,1,5-10H2,2-4H3/t13-,14-,15+,16-,17-,18+,20-,21+,22+/m1/s1. The normalized spacial score (nSPS) is 56.1. The molecule has 2 heterocycles. The molecule has 0 unspecified atom stereocenters. The van der Waals surface area contributed by atoms with Crippen LogP contribution in [0.15, 0.2) is 12.2 Å². The van der Waals surface area contributed by atoms with Crippen molar-refractivity contribution in [2.45, 2.75) is 77.0 Å². The highest BCUT2D eigenvalue weighted by Gasteiger charge is 2.84. The van der Waals surface area contributed by atoms with Crippen molar-refractivity contribution in [3.63, 3.8) is 0 Å². The zero-order valence-electron chi connectivity index (χ0n) is 17.0. The molecule has 9 atom stereocenters. The summed E-state index contributed by atoms with van der Waals surface area (Å²) in [6, 6.07) is 0. The van der Waals surface area contributed by atoms with Crippen molar-refractivity contribution < 1.29 is 29.6 Å². The van der Waals surface area contributed by atoms with E-state index in [1.54, 1.807) is 0 Å². The van der Waals surface area contributed by atoms with Crippen LogP contribution in [0.25, 0.3) is 0 Å². The second kappa shape index (κ2) is 5.39. The molecule has 2 aliphatic heterocycles. The molecule has 6 heteroatoms. The van der Waals surface area contributed by atoms with Crippen molar-refractivity contribution in [3.8, 4) is 0 Å². The topological polar surface area (TPSA) is 96.2 Å². The smallest absolute Gasteiger partial charge is 0.303 e. The van der Waals surface area contributed by atoms with Gasteiger partial charge in [0.2, 0.25) is 5.79 Å². The summed E-state index contributed by atoms with van der Waals surface area (Å²) in [4.78, 5) is 12.1. The molecule has 0 amide bonds. The molecule has 0 aromatic carbocycles. The lowest BCUT2D eigenvalue weighted by molar-refractivity contribution is -0.458. The number of hydrogen-bond donors (Lipinski definition) is 3. The maximum absolute atomic E-state index is 12.1. The van der Waals surface area contributed by atoms with Crippen molar-refractivity contribution in [2.75, 3.05) is 6.61 Å². The van der Waals surface area contributed by atoms with Gasteiger partial charge in [-0.1, -0.05) is 26.8 Å². The van der Waals surface area contributed by atoms with E-state index in [0.29, 0.717) is 25.0 Å². The average molecular weight is 392 g/mol. The van der Waals surface area contributed by atoms with Crippen LogP contribution in [0, 0.1) is 34.0 Å². The van der Waals surface area contributed by atoms with Gasteiger partial charge < -0.3 is 24.8 Å². The van der Waals surface area contributed by atoms with Crippen LogP contribution in [0.2, 0.25) is 0 Å². The third-order valence-electron chi connectivity index (χ3n) is 9.26. The maximum atomic E-state index is 12.1. The summed E-state index contributed by atoms with van der Waals surface area (Å²) in [6.07, 6.45) is 1.44. The van der Waals surface area contributed by atoms with Gasteiger partial charge >= 0.3 is 5.97 Å². The number of aliphatic hydroxyl groups is 3. The quantitative estimate of drug-likeness (QED) is 0.465. The summed E-state index contributed by atoms with van der Waals surface area (Å²) in [5.74, 6) is -2.67. The highest BCUT2D eigenvalue weighted by molar-refractivity contribution is 5.66. The van der Waals surface area contributed by atoms with E-state index in [4.69, 9.17) is 9.47 Å². The molecule has 6 nitrogen and oxygen atoms in total. The van der Waals surface area contributed by atoms with Crippen LogP contribution < -0.4 is 0 Å². The SMILES string of the molecule is C=C1[C@H]2C[C@@]3([C@@H]1O)[C@@H](C[C@H]2O)[C@]12CCCC(C)(C)[C@H]1[C@H](OC(C)=O)[C@]3(O)OC2. The van der Waals surface area contributed by atoms with Crippen molar-refractivity contribution in [3.05, 3.63) is 12.2 Å². The highest BCUT2D eigenvalue weighted by Crippen LogP contribution is 2.77. The number of fused-ring (bicyclic) bond motifs is 2. The van der Waals surface area contributed by atoms with E-state index >= 15 is 0 Å². The van der Waals surface area contributed by atoms with Crippen LogP contribution in [-0.4, -0.2) is 52.0 Å². The largest absolute Gasteiger partial charge is 0.456 e. The van der Waals surface area contributed by atoms with E-state index in [0.717, 1.165) is 19.3 Å². The molecule has 6 aliphatic rings. The number of esters is 1. The van der Waals surface area contributed by atoms with E-state index in [1.165, 1.54) is 6.92 Å². The minimum atomic E-state index is -1.78. The van der Waals surface area contributed by atoms with E-state index in [9.17, 15) is 20.1 Å². The Hall–Kier alpha value is -0.950. The lowest BCUT2D eigenvalue weighted by Crippen LogP contribution is -2.82. The lowest BCUT2D eigenvalue weighted by atomic mass is 9.36. The Bertz CT molecular complexity index is 747. The van der Waals surface area contributed by atoms with Crippen molar-refractivity contribution in [2.24, 2.45) is 34.0 Å². The van der Waals surface area contributed by atoms with E-state index in [1.807, 2.05) is 0 Å². The van der Waals surface area contributed by atoms with Gasteiger partial charge in [-0.25, -0.2) is 0 Å². The number of rotatable bonds is 1. The Morgan fingerprint density at radius 2 is 2.00 bits per heavy atom. The lowest BCUT2D eigenvalue weighted by Gasteiger charge is -2.74. The van der Waals surface area contributed by atoms with Gasteiger partial charge in [0.15, 0.2) is 6.10 Å². The third kappa shape index (κ3) is 1.87. The zero-order valence-corrected chi connectivity index (χ0v) is 17.0. The van der Waals surface area contributed by atoms with Gasteiger partial charge in [-0.05, 0) is 42.6 Å². The molecule has 4 saturated carbocycles. The molecule has 2 spiro atoms. The minimum Gasteiger partial charge on any atom is -0.456 e. The Morgan fingerprint density at radius 1 is 1.29 bits per heavy atom. The summed E-state index contributed by atoms with van der Waals surface area (Å²) in [6.45, 7) is 10.2. The first-order chi connectivity index (χ1) is 13.0. The predicted octanol–water partition coefficient (Wildman–Crippen LogP) is 1.77. The van der Waals surface area contributed by atoms with Crippen molar-refractivity contribution in [1.82, 2.24) is 0 Å². The van der Waals surface area contributed by atoms with Crippen LogP contribution in [-0.2, 0) is 14.3 Å². The Labute approximate surface area is 165 Å². The van der Waals surface area contributed by atoms with E-state index < -0.39 is 35.5 Å². The molecule has 6 rings (SSSR count). The fourth-order valence-corrected chi connectivity index (χ4v) is 8.42. The molecule has 4 aliphatic carbocycles. The molecule has 0 aromatic heterocycles. The molecule has 4 bridgehead atoms. The van der Waals surface area contributed by atoms with Gasteiger partial charge in [-0.3, -0.25) is 4.79 Å². The fourth-order valence-electron chi connectivity index (χ4n) is 8.42. The van der Waals surface area contributed by atoms with Crippen LogP contribution >= 0.6 is 0 Å². The van der Waals surface area contributed by atoms with Crippen LogP contribution in [0.3, 0.4) is 0 Å². The maximum Gasteiger partial charge on any atom is 0.303 e. The predicted molar refractivity (Wildman–Crippen MR) is 99.8 cm³/mol. The first-order valence-electron chi connectivity index (χ1n) is 10.6. The molecule has 0 aromatic rings. The van der Waals surface area contributed by atoms with Gasteiger partial charge in [0.25, 0.3) is 0 Å². The summed E-state index contributed by atoms with van der Waals surface area (Å²) >= 11 is 0. The highest BCUT2D eigenvalue weighted by atomic mass is 16.7. The van der Waals surface area contributed by atoms with E-state index in [2.05, 4.69) is 20.4 Å². The van der Waals surface area contributed by atoms with Crippen LogP contribution in [0.4, 0.5) is 0 Å². The Balaban J connectivity index is 1.76. The molecule has 6 fully saturated rings. The van der Waals surface area contributed by atoms with Crippen LogP contribution in [0.5, 0.6) is 0 Å². The second-order valence-electron chi connectivity index (χ2n) is 10.8. The monoisotopic (exact) mass is 392 g/mol. The number of ether oxygens (including phenoxy) is 2. The summed E-state index contributed by atoms with van der Waals surface area (Å²) in [5.41, 5.74) is -0.913. The third-order valence-corrected chi connectivity index (χ3v) is 9.26. The molecule has 0 radical (unpaired) electrons. The van der Waals surface area contributed by atoms with E-state index in [-0.39, 0.29) is 28.6 Å². The fraction of sp³-hybridized carbons (Fsp3) is 0.864. The molecule has 28 heavy (non-hydrogen) atoms. The molecule has 2 saturated heterocycles. The van der Waals surface area contributed by atoms with Crippen LogP contribution in [0.1, 0.15) is 52.9 Å². The summed E-state index contributed by atoms with van der Waals surface area (Å²) < 4.78 is 12.0. The van der Waals surface area contributed by atoms with Gasteiger partial charge in [0, 0.05) is 24.2 Å². The van der Waals surface area contributed by atoms with Crippen molar-refractivity contribution in [1.29, 1.82) is 0 Å². The number of carbonyl (C=O) groups is 1. The van der Waals surface area contributed by atoms with Crippen molar-refractivity contribution >= 4 is 5.97 Å². The molecular weight excluding hydrogens is 360 g/mol. The first kappa shape index (κ1) is 19.0. The zero-order chi connectivity index (χ0) is 20.3. The van der Waals surface area contributed by atoms with Gasteiger partial charge in [-0.2, -0.15) is 0 Å². The molecule has 3 N–H and O–H groups in total. The molecule has 156 valence electrons. The number of hydrogen-bond acceptors (Lipinski definition) is 6. The summed E-state index contributed by atoms with van der Waals surface area (Å²) in [5, 5.41) is 34.3. The van der Waals surface area contributed by atoms with Gasteiger partial charge in [-0.15, -0.1) is 0 Å². The summed E-state index contributed by atoms with van der Waals surface area (Å²) in [7, 11) is 0. The van der Waals surface area contributed by atoms with Gasteiger partial charge in [0.1, 0.15) is 0 Å². The number of aliphatic hydroxyl groups excluding tert-OH is 2. The second-order valence-corrected chi connectivity index (χ2v) is 10.8. The minimum absolute atomic E-state index is 0.0863. The Kier molecular flexibility index (Phi) is 3.67. The molecular formula is C22H32O6.